The molecule has 0 radical (unpaired) electrons. The van der Waals surface area contributed by atoms with Gasteiger partial charge in [-0.3, -0.25) is 14.8 Å². The molecule has 1 amide bonds. The lowest BCUT2D eigenvalue weighted by molar-refractivity contribution is -0.137. The molecular weight excluding hydrogens is 409 g/mol. The first-order valence-corrected chi connectivity index (χ1v) is 9.51. The highest BCUT2D eigenvalue weighted by molar-refractivity contribution is 6.04. The van der Waals surface area contributed by atoms with Crippen LogP contribution in [0.1, 0.15) is 21.5 Å². The molecule has 0 saturated carbocycles. The van der Waals surface area contributed by atoms with Gasteiger partial charge in [-0.1, -0.05) is 6.07 Å². The molecule has 3 heterocycles. The third-order valence-electron chi connectivity index (χ3n) is 4.94. The SMILES string of the molecule is Cc1ccc(C(=O)Nc2cncc(C(F)(F)F)c2)cc1NC1CN(c2cnccn2)C1. The number of benzene rings is 1. The van der Waals surface area contributed by atoms with Crippen LogP contribution in [0.3, 0.4) is 0 Å². The van der Waals surface area contributed by atoms with Crippen LogP contribution in [-0.4, -0.2) is 40.0 Å². The van der Waals surface area contributed by atoms with Crippen LogP contribution in [0.2, 0.25) is 0 Å². The number of nitrogens with one attached hydrogen (secondary N) is 2. The Hall–Kier alpha value is -3.69. The molecule has 1 fully saturated rings. The molecule has 0 aliphatic carbocycles. The predicted octanol–water partition coefficient (Wildman–Crippen LogP) is 3.75. The maximum atomic E-state index is 12.9. The second kappa shape index (κ2) is 8.21. The molecular formula is C21H19F3N6O. The van der Waals surface area contributed by atoms with Gasteiger partial charge in [-0.15, -0.1) is 0 Å². The molecule has 4 rings (SSSR count). The molecule has 0 atom stereocenters. The van der Waals surface area contributed by atoms with E-state index in [4.69, 9.17) is 0 Å². The number of aryl methyl sites for hydroxylation is 1. The van der Waals surface area contributed by atoms with Crippen LogP contribution in [-0.2, 0) is 6.18 Å². The number of nitrogens with zero attached hydrogens (tertiary/aromatic N) is 4. The van der Waals surface area contributed by atoms with Crippen molar-refractivity contribution in [3.8, 4) is 0 Å². The smallest absolute Gasteiger partial charge is 0.379 e. The molecule has 0 spiro atoms. The molecule has 1 aliphatic rings. The number of rotatable bonds is 5. The number of pyridine rings is 1. The first-order valence-electron chi connectivity index (χ1n) is 9.51. The van der Waals surface area contributed by atoms with Crippen LogP contribution < -0.4 is 15.5 Å². The molecule has 10 heteroatoms. The fourth-order valence-electron chi connectivity index (χ4n) is 3.22. The summed E-state index contributed by atoms with van der Waals surface area (Å²) in [6.45, 7) is 3.40. The number of anilines is 3. The van der Waals surface area contributed by atoms with Gasteiger partial charge >= 0.3 is 6.18 Å². The zero-order valence-electron chi connectivity index (χ0n) is 16.5. The van der Waals surface area contributed by atoms with Crippen molar-refractivity contribution in [1.82, 2.24) is 15.0 Å². The van der Waals surface area contributed by atoms with Crippen molar-refractivity contribution in [2.24, 2.45) is 0 Å². The third kappa shape index (κ3) is 4.73. The Labute approximate surface area is 176 Å². The van der Waals surface area contributed by atoms with Crippen molar-refractivity contribution in [2.75, 3.05) is 28.6 Å². The van der Waals surface area contributed by atoms with E-state index < -0.39 is 17.6 Å². The molecule has 1 aliphatic heterocycles. The molecule has 2 aromatic heterocycles. The van der Waals surface area contributed by atoms with Crippen LogP contribution in [0.5, 0.6) is 0 Å². The summed E-state index contributed by atoms with van der Waals surface area (Å²) in [5.41, 5.74) is 1.13. The van der Waals surface area contributed by atoms with Crippen LogP contribution >= 0.6 is 0 Å². The fourth-order valence-corrected chi connectivity index (χ4v) is 3.22. The van der Waals surface area contributed by atoms with Gasteiger partial charge in [0.05, 0.1) is 29.7 Å². The average Bonchev–Trinajstić information content (AvgIpc) is 2.71. The Bertz CT molecular complexity index is 1080. The number of amides is 1. The Morgan fingerprint density at radius 1 is 1.10 bits per heavy atom. The number of hydrogen-bond donors (Lipinski definition) is 2. The van der Waals surface area contributed by atoms with Crippen LogP contribution in [0.25, 0.3) is 0 Å². The van der Waals surface area contributed by atoms with E-state index in [1.54, 1.807) is 36.8 Å². The van der Waals surface area contributed by atoms with Crippen molar-refractivity contribution in [2.45, 2.75) is 19.1 Å². The molecule has 31 heavy (non-hydrogen) atoms. The maximum absolute atomic E-state index is 12.9. The topological polar surface area (TPSA) is 83.0 Å². The van der Waals surface area contributed by atoms with Gasteiger partial charge in [0.25, 0.3) is 5.91 Å². The molecule has 1 aromatic carbocycles. The van der Waals surface area contributed by atoms with Gasteiger partial charge < -0.3 is 15.5 Å². The van der Waals surface area contributed by atoms with Crippen LogP contribution in [0, 0.1) is 6.92 Å². The van der Waals surface area contributed by atoms with Crippen molar-refractivity contribution >= 4 is 23.1 Å². The van der Waals surface area contributed by atoms with Gasteiger partial charge in [0.1, 0.15) is 5.82 Å². The molecule has 0 unspecified atom stereocenters. The number of alkyl halides is 3. The quantitative estimate of drug-likeness (QED) is 0.644. The van der Waals surface area contributed by atoms with Crippen molar-refractivity contribution < 1.29 is 18.0 Å². The molecule has 7 nitrogen and oxygen atoms in total. The van der Waals surface area contributed by atoms with Gasteiger partial charge in [0.2, 0.25) is 0 Å². The standard InChI is InChI=1S/C21H19F3N6O/c1-13-2-3-14(20(31)29-16-7-15(8-26-9-16)21(22,23)24)6-18(13)28-17-11-30(12-17)19-10-25-4-5-27-19/h2-10,17,28H,11-12H2,1H3,(H,29,31). The number of halogens is 3. The zero-order chi connectivity index (χ0) is 22.0. The zero-order valence-corrected chi connectivity index (χ0v) is 16.5. The summed E-state index contributed by atoms with van der Waals surface area (Å²) in [7, 11) is 0. The van der Waals surface area contributed by atoms with Crippen molar-refractivity contribution in [3.63, 3.8) is 0 Å². The summed E-state index contributed by atoms with van der Waals surface area (Å²) in [6, 6.07) is 6.14. The highest BCUT2D eigenvalue weighted by Crippen LogP contribution is 2.30. The molecule has 160 valence electrons. The highest BCUT2D eigenvalue weighted by Gasteiger charge is 2.31. The molecule has 1 saturated heterocycles. The van der Waals surface area contributed by atoms with E-state index in [-0.39, 0.29) is 11.7 Å². The first-order chi connectivity index (χ1) is 14.8. The van der Waals surface area contributed by atoms with E-state index in [2.05, 4.69) is 30.5 Å². The normalized spacial score (nSPS) is 14.1. The lowest BCUT2D eigenvalue weighted by Gasteiger charge is -2.41. The van der Waals surface area contributed by atoms with E-state index in [0.29, 0.717) is 11.8 Å². The average molecular weight is 428 g/mol. The fraction of sp³-hybridized carbons (Fsp3) is 0.238. The Morgan fingerprint density at radius 3 is 2.61 bits per heavy atom. The summed E-state index contributed by atoms with van der Waals surface area (Å²) in [4.78, 5) is 26.5. The van der Waals surface area contributed by atoms with Crippen molar-refractivity contribution in [1.29, 1.82) is 0 Å². The van der Waals surface area contributed by atoms with Gasteiger partial charge in [0, 0.05) is 42.9 Å². The van der Waals surface area contributed by atoms with E-state index in [0.717, 1.165) is 36.2 Å². The van der Waals surface area contributed by atoms with Gasteiger partial charge in [-0.05, 0) is 30.7 Å². The van der Waals surface area contributed by atoms with Gasteiger partial charge in [-0.25, -0.2) is 4.98 Å². The monoisotopic (exact) mass is 428 g/mol. The maximum Gasteiger partial charge on any atom is 0.417 e. The summed E-state index contributed by atoms with van der Waals surface area (Å²) >= 11 is 0. The molecule has 2 N–H and O–H groups in total. The van der Waals surface area contributed by atoms with E-state index >= 15 is 0 Å². The number of carbonyl (C=O) groups is 1. The minimum Gasteiger partial charge on any atom is -0.379 e. The van der Waals surface area contributed by atoms with Crippen LogP contribution in [0.4, 0.5) is 30.4 Å². The first kappa shape index (κ1) is 20.6. The summed E-state index contributed by atoms with van der Waals surface area (Å²) in [5, 5.41) is 5.88. The largest absolute Gasteiger partial charge is 0.417 e. The number of hydrogen-bond acceptors (Lipinski definition) is 6. The second-order valence-corrected chi connectivity index (χ2v) is 7.25. The predicted molar refractivity (Wildman–Crippen MR) is 110 cm³/mol. The Kier molecular flexibility index (Phi) is 5.45. The lowest BCUT2D eigenvalue weighted by atomic mass is 10.1. The van der Waals surface area contributed by atoms with E-state index in [1.165, 1.54) is 6.20 Å². The summed E-state index contributed by atoms with van der Waals surface area (Å²) in [6.07, 6.45) is 2.32. The summed E-state index contributed by atoms with van der Waals surface area (Å²) < 4.78 is 38.6. The Morgan fingerprint density at radius 2 is 1.90 bits per heavy atom. The number of aromatic nitrogens is 3. The number of carbonyl (C=O) groups excluding carboxylic acids is 1. The Balaban J connectivity index is 1.41. The lowest BCUT2D eigenvalue weighted by Crippen LogP contribution is -2.55. The third-order valence-corrected chi connectivity index (χ3v) is 4.94. The van der Waals surface area contributed by atoms with Crippen LogP contribution in [0.15, 0.2) is 55.2 Å². The minimum absolute atomic E-state index is 0.0199. The van der Waals surface area contributed by atoms with Gasteiger partial charge in [-0.2, -0.15) is 13.2 Å². The highest BCUT2D eigenvalue weighted by atomic mass is 19.4. The van der Waals surface area contributed by atoms with Crippen molar-refractivity contribution in [3.05, 3.63) is 71.9 Å². The summed E-state index contributed by atoms with van der Waals surface area (Å²) in [5.74, 6) is 0.291. The van der Waals surface area contributed by atoms with E-state index in [9.17, 15) is 18.0 Å². The molecule has 0 bridgehead atoms. The van der Waals surface area contributed by atoms with Gasteiger partial charge in [0.15, 0.2) is 0 Å². The minimum atomic E-state index is -4.53. The van der Waals surface area contributed by atoms with E-state index in [1.807, 2.05) is 6.92 Å². The second-order valence-electron chi connectivity index (χ2n) is 7.25. The molecule has 3 aromatic rings.